The molecule has 1 aliphatic heterocycles. The van der Waals surface area contributed by atoms with Gasteiger partial charge in [-0.15, -0.1) is 0 Å². The predicted molar refractivity (Wildman–Crippen MR) is 149 cm³/mol. The van der Waals surface area contributed by atoms with Gasteiger partial charge in [-0.2, -0.15) is 13.2 Å². The molecule has 2 aromatic carbocycles. The summed E-state index contributed by atoms with van der Waals surface area (Å²) in [6, 6.07) is 9.71. The molecule has 2 aromatic rings. The molecule has 2 N–H and O–H groups in total. The molecule has 0 radical (unpaired) electrons. The van der Waals surface area contributed by atoms with Crippen molar-refractivity contribution in [3.63, 3.8) is 0 Å². The van der Waals surface area contributed by atoms with Gasteiger partial charge >= 0.3 is 6.18 Å². The van der Waals surface area contributed by atoms with Gasteiger partial charge in [-0.25, -0.2) is 0 Å². The number of alkyl halides is 3. The monoisotopic (exact) mass is 603 g/mol. The minimum atomic E-state index is -4.44. The van der Waals surface area contributed by atoms with Crippen LogP contribution in [0.1, 0.15) is 37.8 Å². The number of nitrogens with zero attached hydrogens (tertiary/aromatic N) is 2. The van der Waals surface area contributed by atoms with Crippen LogP contribution in [0.5, 0.6) is 5.75 Å². The van der Waals surface area contributed by atoms with E-state index in [1.54, 1.807) is 42.2 Å². The fourth-order valence-corrected chi connectivity index (χ4v) is 4.85. The van der Waals surface area contributed by atoms with Crippen molar-refractivity contribution < 1.29 is 32.6 Å². The first-order valence-corrected chi connectivity index (χ1v) is 13.7. The number of hydrogen-bond acceptors (Lipinski definition) is 5. The second kappa shape index (κ2) is 13.9. The highest BCUT2D eigenvalue weighted by Crippen LogP contribution is 2.30. The summed E-state index contributed by atoms with van der Waals surface area (Å²) < 4.78 is 44.0. The zero-order valence-electron chi connectivity index (χ0n) is 22.6. The number of carbonyl (C=O) groups is 2. The quantitative estimate of drug-likeness (QED) is 0.392. The molecule has 0 bridgehead atoms. The van der Waals surface area contributed by atoms with E-state index in [0.717, 1.165) is 5.56 Å². The van der Waals surface area contributed by atoms with E-state index in [0.29, 0.717) is 41.0 Å². The first kappa shape index (κ1) is 32.0. The minimum absolute atomic E-state index is 0.0650. The number of rotatable bonds is 9. The molecule has 0 saturated carbocycles. The summed E-state index contributed by atoms with van der Waals surface area (Å²) in [6.45, 7) is 4.92. The molecule has 0 spiro atoms. The van der Waals surface area contributed by atoms with Crippen LogP contribution >= 0.6 is 23.2 Å². The molecule has 1 heterocycles. The maximum absolute atomic E-state index is 13.3. The average molecular weight is 604 g/mol. The lowest BCUT2D eigenvalue weighted by atomic mass is 10.0. The zero-order valence-corrected chi connectivity index (χ0v) is 24.1. The van der Waals surface area contributed by atoms with E-state index < -0.39 is 31.0 Å². The number of hydrogen-bond donors (Lipinski definition) is 2. The molecule has 3 atom stereocenters. The Bertz CT molecular complexity index is 1200. The summed E-state index contributed by atoms with van der Waals surface area (Å²) >= 11 is 12.2. The number of fused-ring (bicyclic) bond motifs is 1. The third-order valence-electron chi connectivity index (χ3n) is 6.76. The Morgan fingerprint density at radius 2 is 1.95 bits per heavy atom. The molecule has 3 rings (SSSR count). The topological polar surface area (TPSA) is 82.1 Å². The van der Waals surface area contributed by atoms with Crippen molar-refractivity contribution in [2.75, 3.05) is 32.1 Å². The number of halogens is 5. The van der Waals surface area contributed by atoms with Gasteiger partial charge in [-0.3, -0.25) is 14.5 Å². The molecular formula is C28H34Cl2F3N3O4. The predicted octanol–water partition coefficient (Wildman–Crippen LogP) is 5.56. The first-order valence-electron chi connectivity index (χ1n) is 12.9. The van der Waals surface area contributed by atoms with Crippen LogP contribution in [0.2, 0.25) is 10.0 Å². The number of nitrogens with one attached hydrogen (secondary N) is 1. The molecule has 2 amide bonds. The van der Waals surface area contributed by atoms with Crippen LogP contribution in [-0.2, 0) is 22.6 Å². The van der Waals surface area contributed by atoms with Crippen molar-refractivity contribution in [1.29, 1.82) is 0 Å². The molecule has 220 valence electrons. The number of ether oxygens (including phenoxy) is 1. The van der Waals surface area contributed by atoms with Crippen LogP contribution in [0, 0.1) is 5.92 Å². The lowest BCUT2D eigenvalue weighted by Gasteiger charge is -2.34. The van der Waals surface area contributed by atoms with Crippen LogP contribution in [0.4, 0.5) is 18.9 Å². The van der Waals surface area contributed by atoms with Crippen LogP contribution in [0.15, 0.2) is 36.4 Å². The van der Waals surface area contributed by atoms with Gasteiger partial charge in [0.1, 0.15) is 11.9 Å². The highest BCUT2D eigenvalue weighted by atomic mass is 35.5. The van der Waals surface area contributed by atoms with Gasteiger partial charge in [0, 0.05) is 43.2 Å². The summed E-state index contributed by atoms with van der Waals surface area (Å²) in [4.78, 5) is 29.1. The van der Waals surface area contributed by atoms with E-state index in [1.807, 2.05) is 20.0 Å². The molecule has 0 aliphatic carbocycles. The van der Waals surface area contributed by atoms with Crippen molar-refractivity contribution in [2.45, 2.75) is 58.0 Å². The SMILES string of the molecule is C[C@@H]1CN([C@H](C)CO)C(=O)Cc2cc(NC(=O)CCC(F)(F)F)ccc2O[C@@H]1CN(C)Cc1ccc(Cl)c(Cl)c1. The van der Waals surface area contributed by atoms with Gasteiger partial charge in [0.15, 0.2) is 0 Å². The molecule has 1 aliphatic rings. The fourth-order valence-electron chi connectivity index (χ4n) is 4.53. The maximum atomic E-state index is 13.3. The second-order valence-electron chi connectivity index (χ2n) is 10.3. The molecule has 0 aromatic heterocycles. The third-order valence-corrected chi connectivity index (χ3v) is 7.50. The van der Waals surface area contributed by atoms with E-state index in [2.05, 4.69) is 10.2 Å². The smallest absolute Gasteiger partial charge is 0.389 e. The van der Waals surface area contributed by atoms with E-state index in [4.69, 9.17) is 27.9 Å². The van der Waals surface area contributed by atoms with Crippen molar-refractivity contribution in [2.24, 2.45) is 5.92 Å². The summed E-state index contributed by atoms with van der Waals surface area (Å²) in [5.41, 5.74) is 1.72. The first-order chi connectivity index (χ1) is 18.8. The van der Waals surface area contributed by atoms with E-state index in [-0.39, 0.29) is 36.6 Å². The maximum Gasteiger partial charge on any atom is 0.389 e. The average Bonchev–Trinajstić information content (AvgIpc) is 2.92. The van der Waals surface area contributed by atoms with Gasteiger partial charge in [0.2, 0.25) is 11.8 Å². The Hall–Kier alpha value is -2.53. The largest absolute Gasteiger partial charge is 0.488 e. The van der Waals surface area contributed by atoms with Crippen molar-refractivity contribution >= 4 is 40.7 Å². The van der Waals surface area contributed by atoms with E-state index >= 15 is 0 Å². The normalized spacial score (nSPS) is 18.9. The molecule has 0 saturated heterocycles. The van der Waals surface area contributed by atoms with Gasteiger partial charge < -0.3 is 20.1 Å². The van der Waals surface area contributed by atoms with Crippen LogP contribution in [0.25, 0.3) is 0 Å². The Kier molecular flexibility index (Phi) is 11.1. The molecule has 7 nitrogen and oxygen atoms in total. The molecule has 0 unspecified atom stereocenters. The van der Waals surface area contributed by atoms with Crippen molar-refractivity contribution in [3.05, 3.63) is 57.6 Å². The third kappa shape index (κ3) is 9.26. The molecule has 12 heteroatoms. The highest BCUT2D eigenvalue weighted by Gasteiger charge is 2.31. The summed E-state index contributed by atoms with van der Waals surface area (Å²) in [7, 11) is 1.94. The Morgan fingerprint density at radius 1 is 1.23 bits per heavy atom. The van der Waals surface area contributed by atoms with Gasteiger partial charge in [-0.1, -0.05) is 36.2 Å². The number of carbonyl (C=O) groups excluding carboxylic acids is 2. The fraction of sp³-hybridized carbons (Fsp3) is 0.500. The van der Waals surface area contributed by atoms with Gasteiger partial charge in [-0.05, 0) is 49.9 Å². The Labute approximate surface area is 242 Å². The van der Waals surface area contributed by atoms with Crippen molar-refractivity contribution in [1.82, 2.24) is 9.80 Å². The van der Waals surface area contributed by atoms with Gasteiger partial charge in [0.05, 0.1) is 35.5 Å². The standard InChI is InChI=1S/C28H34Cl2F3N3O4/c1-17-13-36(18(2)16-37)27(39)12-20-11-21(34-26(38)8-9-28(31,32)33)5-7-24(20)40-25(17)15-35(3)14-19-4-6-22(29)23(30)10-19/h4-7,10-11,17-18,25,37H,8-9,12-16H2,1-3H3,(H,34,38)/t17-,18-,25-/m1/s1. The molecule has 0 fully saturated rings. The number of likely N-dealkylation sites (N-methyl/N-ethyl adjacent to an activating group) is 1. The number of amides is 2. The van der Waals surface area contributed by atoms with Crippen LogP contribution < -0.4 is 10.1 Å². The van der Waals surface area contributed by atoms with E-state index in [9.17, 15) is 27.9 Å². The second-order valence-corrected chi connectivity index (χ2v) is 11.1. The minimum Gasteiger partial charge on any atom is -0.488 e. The summed E-state index contributed by atoms with van der Waals surface area (Å²) in [5, 5.41) is 13.2. The Morgan fingerprint density at radius 3 is 2.60 bits per heavy atom. The lowest BCUT2D eigenvalue weighted by Crippen LogP contribution is -2.47. The zero-order chi connectivity index (χ0) is 29.6. The highest BCUT2D eigenvalue weighted by molar-refractivity contribution is 6.42. The number of benzene rings is 2. The summed E-state index contributed by atoms with van der Waals surface area (Å²) in [5.74, 6) is -0.691. The molecule has 40 heavy (non-hydrogen) atoms. The number of anilines is 1. The number of aliphatic hydroxyl groups is 1. The molecular weight excluding hydrogens is 570 g/mol. The Balaban J connectivity index is 1.85. The van der Waals surface area contributed by atoms with Crippen molar-refractivity contribution in [3.8, 4) is 5.75 Å². The van der Waals surface area contributed by atoms with Crippen LogP contribution in [0.3, 0.4) is 0 Å². The van der Waals surface area contributed by atoms with Crippen LogP contribution in [-0.4, -0.2) is 71.8 Å². The number of aliphatic hydroxyl groups excluding tert-OH is 1. The lowest BCUT2D eigenvalue weighted by molar-refractivity contribution is -0.142. The summed E-state index contributed by atoms with van der Waals surface area (Å²) in [6.07, 6.45) is -6.80. The van der Waals surface area contributed by atoms with Gasteiger partial charge in [0.25, 0.3) is 0 Å². The van der Waals surface area contributed by atoms with E-state index in [1.165, 1.54) is 0 Å².